The fraction of sp³-hybridized carbons (Fsp3) is 1.00. The SMILES string of the molecule is CCCCCCCCNC1CC(OCC)C12CCCCC2. The first-order valence-electron chi connectivity index (χ1n) is 9.68. The van der Waals surface area contributed by atoms with Gasteiger partial charge in [0.1, 0.15) is 0 Å². The lowest BCUT2D eigenvalue weighted by molar-refractivity contribution is -0.149. The minimum absolute atomic E-state index is 0.496. The molecular formula is C19H37NO. The molecule has 0 amide bonds. The van der Waals surface area contributed by atoms with Gasteiger partial charge < -0.3 is 10.1 Å². The van der Waals surface area contributed by atoms with Crippen LogP contribution in [0.25, 0.3) is 0 Å². The fourth-order valence-corrected chi connectivity index (χ4v) is 4.53. The topological polar surface area (TPSA) is 21.3 Å². The van der Waals surface area contributed by atoms with Crippen LogP contribution in [0.4, 0.5) is 0 Å². The molecule has 2 nitrogen and oxygen atoms in total. The molecule has 1 N–H and O–H groups in total. The summed E-state index contributed by atoms with van der Waals surface area (Å²) in [6.07, 6.45) is 17.2. The Labute approximate surface area is 132 Å². The lowest BCUT2D eigenvalue weighted by Crippen LogP contribution is -2.64. The van der Waals surface area contributed by atoms with Crippen LogP contribution in [-0.4, -0.2) is 25.3 Å². The maximum absolute atomic E-state index is 6.03. The second-order valence-electron chi connectivity index (χ2n) is 7.25. The largest absolute Gasteiger partial charge is 0.378 e. The molecule has 2 atom stereocenters. The van der Waals surface area contributed by atoms with Crippen LogP contribution in [0.3, 0.4) is 0 Å². The number of nitrogens with one attached hydrogen (secondary N) is 1. The summed E-state index contributed by atoms with van der Waals surface area (Å²) in [5.74, 6) is 0. The normalized spacial score (nSPS) is 27.7. The van der Waals surface area contributed by atoms with Gasteiger partial charge in [0, 0.05) is 18.1 Å². The van der Waals surface area contributed by atoms with E-state index in [-0.39, 0.29) is 0 Å². The number of ether oxygens (including phenoxy) is 1. The molecule has 1 spiro atoms. The van der Waals surface area contributed by atoms with E-state index in [0.717, 1.165) is 12.6 Å². The Bertz CT molecular complexity index is 273. The monoisotopic (exact) mass is 295 g/mol. The lowest BCUT2D eigenvalue weighted by atomic mass is 9.55. The summed E-state index contributed by atoms with van der Waals surface area (Å²) in [5, 5.41) is 3.88. The van der Waals surface area contributed by atoms with Gasteiger partial charge in [0.05, 0.1) is 6.10 Å². The molecule has 2 heteroatoms. The number of rotatable bonds is 10. The molecule has 0 aliphatic heterocycles. The highest BCUT2D eigenvalue weighted by molar-refractivity contribution is 5.08. The molecule has 2 aliphatic rings. The van der Waals surface area contributed by atoms with Crippen molar-refractivity contribution in [2.45, 2.75) is 103 Å². The van der Waals surface area contributed by atoms with Gasteiger partial charge in [-0.1, -0.05) is 58.3 Å². The van der Waals surface area contributed by atoms with E-state index in [1.54, 1.807) is 0 Å². The van der Waals surface area contributed by atoms with Gasteiger partial charge in [0.25, 0.3) is 0 Å². The summed E-state index contributed by atoms with van der Waals surface area (Å²) in [6, 6.07) is 0.741. The number of hydrogen-bond donors (Lipinski definition) is 1. The third kappa shape index (κ3) is 4.45. The minimum Gasteiger partial charge on any atom is -0.378 e. The maximum atomic E-state index is 6.03. The third-order valence-electron chi connectivity index (χ3n) is 5.86. The predicted molar refractivity (Wildman–Crippen MR) is 90.7 cm³/mol. The van der Waals surface area contributed by atoms with Crippen molar-refractivity contribution < 1.29 is 4.74 Å². The van der Waals surface area contributed by atoms with Crippen molar-refractivity contribution in [3.8, 4) is 0 Å². The first kappa shape index (κ1) is 17.3. The quantitative estimate of drug-likeness (QED) is 0.568. The van der Waals surface area contributed by atoms with E-state index in [2.05, 4.69) is 19.2 Å². The zero-order chi connectivity index (χ0) is 15.0. The number of unbranched alkanes of at least 4 members (excludes halogenated alkanes) is 5. The van der Waals surface area contributed by atoms with Crippen molar-refractivity contribution in [1.82, 2.24) is 5.32 Å². The Morgan fingerprint density at radius 1 is 0.952 bits per heavy atom. The van der Waals surface area contributed by atoms with Gasteiger partial charge in [0.15, 0.2) is 0 Å². The molecule has 2 unspecified atom stereocenters. The Morgan fingerprint density at radius 3 is 2.38 bits per heavy atom. The molecule has 0 aromatic rings. The van der Waals surface area contributed by atoms with E-state index in [9.17, 15) is 0 Å². The van der Waals surface area contributed by atoms with E-state index in [1.165, 1.54) is 83.6 Å². The van der Waals surface area contributed by atoms with Gasteiger partial charge in [-0.2, -0.15) is 0 Å². The molecule has 2 aliphatic carbocycles. The van der Waals surface area contributed by atoms with Crippen LogP contribution < -0.4 is 5.32 Å². The van der Waals surface area contributed by atoms with E-state index in [4.69, 9.17) is 4.74 Å². The second-order valence-corrected chi connectivity index (χ2v) is 7.25. The summed E-state index contributed by atoms with van der Waals surface area (Å²) >= 11 is 0. The van der Waals surface area contributed by atoms with Crippen LogP contribution in [0.2, 0.25) is 0 Å². The molecule has 2 fully saturated rings. The molecule has 2 saturated carbocycles. The van der Waals surface area contributed by atoms with Crippen molar-refractivity contribution in [2.24, 2.45) is 5.41 Å². The second kappa shape index (κ2) is 9.15. The average molecular weight is 296 g/mol. The van der Waals surface area contributed by atoms with Gasteiger partial charge in [-0.25, -0.2) is 0 Å². The molecule has 0 bridgehead atoms. The van der Waals surface area contributed by atoms with Crippen molar-refractivity contribution in [2.75, 3.05) is 13.2 Å². The molecule has 0 radical (unpaired) electrons. The smallest absolute Gasteiger partial charge is 0.0661 e. The molecular weight excluding hydrogens is 258 g/mol. The van der Waals surface area contributed by atoms with Gasteiger partial charge in [-0.05, 0) is 39.2 Å². The van der Waals surface area contributed by atoms with Crippen LogP contribution in [0.15, 0.2) is 0 Å². The standard InChI is InChI=1S/C19H37NO/c1-3-5-6-7-8-12-15-20-17-16-18(21-4-2)19(17)13-10-9-11-14-19/h17-18,20H,3-16H2,1-2H3. The van der Waals surface area contributed by atoms with E-state index >= 15 is 0 Å². The van der Waals surface area contributed by atoms with Crippen LogP contribution in [0, 0.1) is 5.41 Å². The van der Waals surface area contributed by atoms with Gasteiger partial charge >= 0.3 is 0 Å². The van der Waals surface area contributed by atoms with Gasteiger partial charge in [0.2, 0.25) is 0 Å². The lowest BCUT2D eigenvalue weighted by Gasteiger charge is -2.58. The molecule has 0 heterocycles. The van der Waals surface area contributed by atoms with Gasteiger partial charge in [-0.3, -0.25) is 0 Å². The highest BCUT2D eigenvalue weighted by atomic mass is 16.5. The summed E-state index contributed by atoms with van der Waals surface area (Å²) in [7, 11) is 0. The van der Waals surface area contributed by atoms with E-state index in [1.807, 2.05) is 0 Å². The number of hydrogen-bond acceptors (Lipinski definition) is 2. The Hall–Kier alpha value is -0.0800. The van der Waals surface area contributed by atoms with Gasteiger partial charge in [-0.15, -0.1) is 0 Å². The zero-order valence-electron chi connectivity index (χ0n) is 14.5. The maximum Gasteiger partial charge on any atom is 0.0661 e. The minimum atomic E-state index is 0.496. The average Bonchev–Trinajstić information content (AvgIpc) is 2.53. The third-order valence-corrected chi connectivity index (χ3v) is 5.86. The molecule has 21 heavy (non-hydrogen) atoms. The molecule has 0 aromatic heterocycles. The fourth-order valence-electron chi connectivity index (χ4n) is 4.53. The highest BCUT2D eigenvalue weighted by Gasteiger charge is 2.55. The molecule has 0 aromatic carbocycles. The summed E-state index contributed by atoms with van der Waals surface area (Å²) in [5.41, 5.74) is 0.496. The first-order valence-corrected chi connectivity index (χ1v) is 9.68. The zero-order valence-corrected chi connectivity index (χ0v) is 14.5. The van der Waals surface area contributed by atoms with E-state index in [0.29, 0.717) is 11.5 Å². The Morgan fingerprint density at radius 2 is 1.67 bits per heavy atom. The highest BCUT2D eigenvalue weighted by Crippen LogP contribution is 2.53. The van der Waals surface area contributed by atoms with Crippen molar-refractivity contribution >= 4 is 0 Å². The summed E-state index contributed by atoms with van der Waals surface area (Å²) < 4.78 is 6.03. The molecule has 2 rings (SSSR count). The Balaban J connectivity index is 1.65. The predicted octanol–water partition coefficient (Wildman–Crippen LogP) is 5.06. The van der Waals surface area contributed by atoms with Crippen LogP contribution in [0.5, 0.6) is 0 Å². The first-order chi connectivity index (χ1) is 10.3. The van der Waals surface area contributed by atoms with Crippen molar-refractivity contribution in [1.29, 1.82) is 0 Å². The van der Waals surface area contributed by atoms with Crippen LogP contribution in [0.1, 0.15) is 90.9 Å². The van der Waals surface area contributed by atoms with Crippen molar-refractivity contribution in [3.05, 3.63) is 0 Å². The van der Waals surface area contributed by atoms with Crippen molar-refractivity contribution in [3.63, 3.8) is 0 Å². The van der Waals surface area contributed by atoms with Crippen LogP contribution >= 0.6 is 0 Å². The Kier molecular flexibility index (Phi) is 7.53. The molecule has 0 saturated heterocycles. The van der Waals surface area contributed by atoms with E-state index < -0.39 is 0 Å². The summed E-state index contributed by atoms with van der Waals surface area (Å²) in [6.45, 7) is 6.54. The molecule has 124 valence electrons. The van der Waals surface area contributed by atoms with Crippen LogP contribution in [-0.2, 0) is 4.74 Å². The summed E-state index contributed by atoms with van der Waals surface area (Å²) in [4.78, 5) is 0.